The Morgan fingerprint density at radius 3 is 2.68 bits per heavy atom. The highest BCUT2D eigenvalue weighted by atomic mass is 32.2. The lowest BCUT2D eigenvalue weighted by molar-refractivity contribution is -0.764. The number of aryl methyl sites for hydroxylation is 2. The number of hydrogen-bond acceptors (Lipinski definition) is 5. The highest BCUT2D eigenvalue weighted by molar-refractivity contribution is 7.98. The molecule has 0 spiro atoms. The van der Waals surface area contributed by atoms with Crippen molar-refractivity contribution >= 4 is 23.4 Å². The predicted molar refractivity (Wildman–Crippen MR) is 106 cm³/mol. The summed E-state index contributed by atoms with van der Waals surface area (Å²) in [6, 6.07) is 13.5. The van der Waals surface area contributed by atoms with Gasteiger partial charge < -0.3 is 5.11 Å². The van der Waals surface area contributed by atoms with Crippen LogP contribution in [-0.2, 0) is 4.79 Å². The Morgan fingerprint density at radius 1 is 1.21 bits per heavy atom. The van der Waals surface area contributed by atoms with E-state index in [0.717, 1.165) is 16.7 Å². The van der Waals surface area contributed by atoms with Crippen molar-refractivity contribution < 1.29 is 14.6 Å². The van der Waals surface area contributed by atoms with Crippen molar-refractivity contribution in [3.05, 3.63) is 59.2 Å². The first-order chi connectivity index (χ1) is 13.4. The molecule has 28 heavy (non-hydrogen) atoms. The van der Waals surface area contributed by atoms with Crippen LogP contribution in [0.15, 0.2) is 47.6 Å². The SMILES string of the molecule is CSc1nc([O-])c2[n+](n1)C(c1cc(C)ccc1C)N(C(C)=O)c1ccccc1-2. The van der Waals surface area contributed by atoms with Crippen LogP contribution in [0.1, 0.15) is 29.8 Å². The molecule has 0 saturated heterocycles. The van der Waals surface area contributed by atoms with Crippen molar-refractivity contribution in [2.24, 2.45) is 0 Å². The van der Waals surface area contributed by atoms with Crippen molar-refractivity contribution in [1.82, 2.24) is 10.1 Å². The van der Waals surface area contributed by atoms with Crippen LogP contribution >= 0.6 is 11.8 Å². The minimum absolute atomic E-state index is 0.117. The topological polar surface area (TPSA) is 73.0 Å². The molecule has 142 valence electrons. The van der Waals surface area contributed by atoms with Gasteiger partial charge in [0.1, 0.15) is 0 Å². The Morgan fingerprint density at radius 2 is 1.96 bits per heavy atom. The Kier molecular flexibility index (Phi) is 4.55. The summed E-state index contributed by atoms with van der Waals surface area (Å²) < 4.78 is 1.66. The number of anilines is 1. The molecular weight excluding hydrogens is 372 g/mol. The Hall–Kier alpha value is -2.93. The molecule has 2 aromatic carbocycles. The molecular formula is C21H20N4O2S. The number of para-hydroxylation sites is 1. The number of carbonyl (C=O) groups excluding carboxylic acids is 1. The molecule has 1 amide bonds. The molecule has 1 aliphatic rings. The fourth-order valence-corrected chi connectivity index (χ4v) is 4.02. The minimum atomic E-state index is -0.552. The van der Waals surface area contributed by atoms with Gasteiger partial charge in [0, 0.05) is 17.6 Å². The summed E-state index contributed by atoms with van der Waals surface area (Å²) in [5.41, 5.74) is 4.79. The van der Waals surface area contributed by atoms with Gasteiger partial charge in [0.2, 0.25) is 5.91 Å². The van der Waals surface area contributed by atoms with E-state index in [9.17, 15) is 9.90 Å². The number of carbonyl (C=O) groups is 1. The number of nitrogens with zero attached hydrogens (tertiary/aromatic N) is 4. The van der Waals surface area contributed by atoms with Crippen molar-refractivity contribution in [1.29, 1.82) is 0 Å². The van der Waals surface area contributed by atoms with Crippen LogP contribution in [0.4, 0.5) is 5.69 Å². The van der Waals surface area contributed by atoms with Crippen LogP contribution in [0.25, 0.3) is 11.3 Å². The van der Waals surface area contributed by atoms with E-state index in [-0.39, 0.29) is 11.8 Å². The van der Waals surface area contributed by atoms with Gasteiger partial charge in [0.15, 0.2) is 0 Å². The van der Waals surface area contributed by atoms with E-state index in [1.54, 1.807) is 9.58 Å². The van der Waals surface area contributed by atoms with Crippen LogP contribution in [-0.4, -0.2) is 22.2 Å². The number of rotatable bonds is 2. The molecule has 0 bridgehead atoms. The van der Waals surface area contributed by atoms with E-state index in [0.29, 0.717) is 22.1 Å². The van der Waals surface area contributed by atoms with E-state index in [1.807, 2.05) is 62.6 Å². The molecule has 2 heterocycles. The maximum Gasteiger partial charge on any atom is 0.293 e. The monoisotopic (exact) mass is 392 g/mol. The lowest BCUT2D eigenvalue weighted by Crippen LogP contribution is -2.59. The summed E-state index contributed by atoms with van der Waals surface area (Å²) in [6.45, 7) is 5.55. The van der Waals surface area contributed by atoms with Gasteiger partial charge in [0.25, 0.3) is 17.0 Å². The zero-order valence-electron chi connectivity index (χ0n) is 16.1. The second-order valence-electron chi connectivity index (χ2n) is 6.84. The average Bonchev–Trinajstić information content (AvgIpc) is 2.68. The van der Waals surface area contributed by atoms with E-state index in [4.69, 9.17) is 0 Å². The number of thioether (sulfide) groups is 1. The van der Waals surface area contributed by atoms with Crippen LogP contribution in [0.3, 0.4) is 0 Å². The number of benzene rings is 2. The average molecular weight is 392 g/mol. The van der Waals surface area contributed by atoms with Crippen molar-refractivity contribution in [3.63, 3.8) is 0 Å². The quantitative estimate of drug-likeness (QED) is 0.495. The first kappa shape index (κ1) is 18.4. The maximum absolute atomic E-state index is 12.9. The third-order valence-electron chi connectivity index (χ3n) is 4.95. The van der Waals surface area contributed by atoms with E-state index >= 15 is 0 Å². The number of hydrogen-bond donors (Lipinski definition) is 0. The summed E-state index contributed by atoms with van der Waals surface area (Å²) in [5, 5.41) is 17.9. The standard InChI is InChI=1S/C21H20N4O2S/c1-12-9-10-13(2)16(11-12)20-24(14(3)26)17-8-6-5-7-15(17)18-19(27)22-21(28-4)23-25(18)20/h5-11,20H,1-4H3. The van der Waals surface area contributed by atoms with E-state index in [2.05, 4.69) is 10.1 Å². The lowest BCUT2D eigenvalue weighted by atomic mass is 9.97. The normalized spacial score (nSPS) is 15.1. The molecule has 1 aliphatic heterocycles. The van der Waals surface area contributed by atoms with Gasteiger partial charge in [-0.1, -0.05) is 46.3 Å². The summed E-state index contributed by atoms with van der Waals surface area (Å²) in [6.07, 6.45) is 1.28. The van der Waals surface area contributed by atoms with E-state index in [1.165, 1.54) is 18.7 Å². The van der Waals surface area contributed by atoms with Crippen LogP contribution in [0.2, 0.25) is 0 Å². The van der Waals surface area contributed by atoms with Gasteiger partial charge in [-0.15, -0.1) is 0 Å². The van der Waals surface area contributed by atoms with Crippen LogP contribution < -0.4 is 14.7 Å². The molecule has 1 unspecified atom stereocenters. The maximum atomic E-state index is 12.9. The molecule has 7 heteroatoms. The predicted octanol–water partition coefficient (Wildman–Crippen LogP) is 2.76. The molecule has 0 radical (unpaired) electrons. The molecule has 1 atom stereocenters. The number of fused-ring (bicyclic) bond motifs is 3. The number of aromatic nitrogens is 3. The zero-order valence-corrected chi connectivity index (χ0v) is 16.9. The van der Waals surface area contributed by atoms with Gasteiger partial charge >= 0.3 is 0 Å². The fourth-order valence-electron chi connectivity index (χ4n) is 3.68. The summed E-state index contributed by atoms with van der Waals surface area (Å²) >= 11 is 1.30. The molecule has 0 saturated carbocycles. The molecule has 6 nitrogen and oxygen atoms in total. The fraction of sp³-hybridized carbons (Fsp3) is 0.238. The Balaban J connectivity index is 2.11. The third-order valence-corrected chi connectivity index (χ3v) is 5.49. The molecule has 4 rings (SSSR count). The first-order valence-corrected chi connectivity index (χ1v) is 10.2. The molecule has 0 fully saturated rings. The van der Waals surface area contributed by atoms with Crippen molar-refractivity contribution in [3.8, 4) is 17.1 Å². The van der Waals surface area contributed by atoms with E-state index < -0.39 is 6.17 Å². The smallest absolute Gasteiger partial charge is 0.293 e. The van der Waals surface area contributed by atoms with Gasteiger partial charge in [-0.25, -0.2) is 9.88 Å². The summed E-state index contributed by atoms with van der Waals surface area (Å²) in [7, 11) is 0. The first-order valence-electron chi connectivity index (χ1n) is 8.93. The third kappa shape index (κ3) is 2.82. The van der Waals surface area contributed by atoms with Gasteiger partial charge in [-0.3, -0.25) is 4.79 Å². The highest BCUT2D eigenvalue weighted by Gasteiger charge is 2.44. The Bertz CT molecular complexity index is 1100. The second kappa shape index (κ2) is 6.91. The van der Waals surface area contributed by atoms with Crippen LogP contribution in [0.5, 0.6) is 5.88 Å². The molecule has 1 aromatic heterocycles. The molecule has 0 N–H and O–H groups in total. The van der Waals surface area contributed by atoms with Crippen molar-refractivity contribution in [2.45, 2.75) is 32.1 Å². The molecule has 3 aromatic rings. The summed E-state index contributed by atoms with van der Waals surface area (Å²) in [4.78, 5) is 18.6. The zero-order chi connectivity index (χ0) is 20.0. The van der Waals surface area contributed by atoms with Gasteiger partial charge in [-0.2, -0.15) is 0 Å². The highest BCUT2D eigenvalue weighted by Crippen LogP contribution is 2.41. The number of amides is 1. The van der Waals surface area contributed by atoms with Gasteiger partial charge in [0.05, 0.1) is 17.1 Å². The van der Waals surface area contributed by atoms with Crippen molar-refractivity contribution in [2.75, 3.05) is 11.2 Å². The van der Waals surface area contributed by atoms with Crippen LogP contribution in [0, 0.1) is 13.8 Å². The second-order valence-corrected chi connectivity index (χ2v) is 7.61. The Labute approximate surface area is 167 Å². The minimum Gasteiger partial charge on any atom is -0.854 e. The largest absolute Gasteiger partial charge is 0.854 e. The summed E-state index contributed by atoms with van der Waals surface area (Å²) in [5.74, 6) is -0.460. The molecule has 0 aliphatic carbocycles. The van der Waals surface area contributed by atoms with Gasteiger partial charge in [-0.05, 0) is 43.9 Å². The lowest BCUT2D eigenvalue weighted by Gasteiger charge is -2.33.